The molecule has 0 aliphatic carbocycles. The number of aromatic nitrogens is 3. The molecule has 0 radical (unpaired) electrons. The number of amides is 1. The molecule has 0 saturated heterocycles. The van der Waals surface area contributed by atoms with Gasteiger partial charge in [-0.25, -0.2) is 9.67 Å². The van der Waals surface area contributed by atoms with E-state index < -0.39 is 6.61 Å². The molecule has 178 valence electrons. The molecule has 34 heavy (non-hydrogen) atoms. The fourth-order valence-electron chi connectivity index (χ4n) is 3.68. The lowest BCUT2D eigenvalue weighted by Crippen LogP contribution is -2.26. The molecule has 0 saturated carbocycles. The van der Waals surface area contributed by atoms with E-state index in [1.807, 2.05) is 31.4 Å². The predicted molar refractivity (Wildman–Crippen MR) is 127 cm³/mol. The number of carbonyl (C=O) groups excluding carboxylic acids is 1. The average molecular weight is 487 g/mol. The molecule has 7 nitrogen and oxygen atoms in total. The van der Waals surface area contributed by atoms with Crippen LogP contribution in [0, 0.1) is 0 Å². The van der Waals surface area contributed by atoms with Crippen molar-refractivity contribution in [1.82, 2.24) is 19.7 Å². The van der Waals surface area contributed by atoms with E-state index in [1.54, 1.807) is 52.4 Å². The molecule has 1 aromatic carbocycles. The summed E-state index contributed by atoms with van der Waals surface area (Å²) in [5, 5.41) is 7.09. The van der Waals surface area contributed by atoms with Crippen LogP contribution in [0.5, 0.6) is 11.5 Å². The van der Waals surface area contributed by atoms with Crippen LogP contribution in [0.3, 0.4) is 0 Å². The Morgan fingerprint density at radius 1 is 1.21 bits per heavy atom. The molecule has 0 unspecified atom stereocenters. The minimum Gasteiger partial charge on any atom is -0.493 e. The number of ether oxygens (including phenoxy) is 2. The fourth-order valence-corrected chi connectivity index (χ4v) is 4.36. The zero-order valence-corrected chi connectivity index (χ0v) is 20.0. The number of thiophene rings is 1. The zero-order chi connectivity index (χ0) is 24.4. The second kappa shape index (κ2) is 9.76. The second-order valence-electron chi connectivity index (χ2n) is 7.98. The van der Waals surface area contributed by atoms with E-state index in [1.165, 1.54) is 13.2 Å². The fraction of sp³-hybridized carbons (Fsp3) is 0.292. The van der Waals surface area contributed by atoms with Crippen molar-refractivity contribution in [2.75, 3.05) is 14.2 Å². The van der Waals surface area contributed by atoms with Crippen LogP contribution >= 0.6 is 11.3 Å². The Bertz CT molecular complexity index is 1310. The van der Waals surface area contributed by atoms with Gasteiger partial charge in [0.2, 0.25) is 0 Å². The maximum atomic E-state index is 13.5. The van der Waals surface area contributed by atoms with Crippen LogP contribution in [0.1, 0.15) is 35.8 Å². The number of rotatable bonds is 8. The number of benzene rings is 1. The van der Waals surface area contributed by atoms with Crippen LogP contribution in [0.25, 0.3) is 21.6 Å². The molecule has 0 atom stereocenters. The molecule has 0 spiro atoms. The minimum absolute atomic E-state index is 0.0623. The first-order valence-corrected chi connectivity index (χ1v) is 11.5. The van der Waals surface area contributed by atoms with Crippen molar-refractivity contribution in [2.24, 2.45) is 0 Å². The Hall–Kier alpha value is -3.53. The zero-order valence-electron chi connectivity index (χ0n) is 19.2. The van der Waals surface area contributed by atoms with Crippen LogP contribution in [0.15, 0.2) is 48.0 Å². The normalized spacial score (nSPS) is 11.4. The number of alkyl halides is 2. The first kappa shape index (κ1) is 23.6. The van der Waals surface area contributed by atoms with Gasteiger partial charge in [-0.05, 0) is 49.1 Å². The standard InChI is InChI=1S/C24H24F2N4O3S/c1-14(2)30-22-17(12-27-30)16(11-18(28-22)21-6-5-9-34-21)23(31)29(3)13-15-7-8-19(33-24(25)26)20(10-15)32-4/h5-12,14,24H,13H2,1-4H3. The first-order valence-electron chi connectivity index (χ1n) is 10.6. The minimum atomic E-state index is -2.96. The van der Waals surface area contributed by atoms with Crippen LogP contribution < -0.4 is 9.47 Å². The number of pyridine rings is 1. The molecule has 10 heteroatoms. The molecule has 0 fully saturated rings. The number of methoxy groups -OCH3 is 1. The molecule has 0 aliphatic rings. The summed E-state index contributed by atoms with van der Waals surface area (Å²) in [6, 6.07) is 10.4. The Labute approximate surface area is 199 Å². The summed E-state index contributed by atoms with van der Waals surface area (Å²) in [6.07, 6.45) is 1.67. The maximum Gasteiger partial charge on any atom is 0.387 e. The van der Waals surface area contributed by atoms with E-state index in [2.05, 4.69) is 9.84 Å². The van der Waals surface area contributed by atoms with Gasteiger partial charge in [-0.1, -0.05) is 12.1 Å². The third-order valence-electron chi connectivity index (χ3n) is 5.27. The maximum absolute atomic E-state index is 13.5. The Kier molecular flexibility index (Phi) is 6.78. The van der Waals surface area contributed by atoms with Gasteiger partial charge in [0.15, 0.2) is 17.1 Å². The van der Waals surface area contributed by atoms with Gasteiger partial charge >= 0.3 is 6.61 Å². The molecule has 1 amide bonds. The molecule has 4 aromatic rings. The number of nitrogens with zero attached hydrogens (tertiary/aromatic N) is 4. The lowest BCUT2D eigenvalue weighted by Gasteiger charge is -2.19. The highest BCUT2D eigenvalue weighted by atomic mass is 32.1. The van der Waals surface area contributed by atoms with Crippen LogP contribution in [-0.2, 0) is 6.54 Å². The summed E-state index contributed by atoms with van der Waals surface area (Å²) in [5.74, 6) is -0.101. The van der Waals surface area contributed by atoms with E-state index in [9.17, 15) is 13.6 Å². The first-order chi connectivity index (χ1) is 16.3. The summed E-state index contributed by atoms with van der Waals surface area (Å²) in [6.45, 7) is 1.30. The van der Waals surface area contributed by atoms with E-state index in [0.29, 0.717) is 27.9 Å². The van der Waals surface area contributed by atoms with Crippen molar-refractivity contribution < 1.29 is 23.0 Å². The average Bonchev–Trinajstić information content (AvgIpc) is 3.48. The number of hydrogen-bond acceptors (Lipinski definition) is 6. The Balaban J connectivity index is 1.68. The molecule has 0 N–H and O–H groups in total. The van der Waals surface area contributed by atoms with E-state index >= 15 is 0 Å². The third kappa shape index (κ3) is 4.72. The van der Waals surface area contributed by atoms with Gasteiger partial charge in [-0.2, -0.15) is 13.9 Å². The quantitative estimate of drug-likeness (QED) is 0.323. The second-order valence-corrected chi connectivity index (χ2v) is 8.93. The molecular formula is C24H24F2N4O3S. The summed E-state index contributed by atoms with van der Waals surface area (Å²) in [4.78, 5) is 20.8. The van der Waals surface area contributed by atoms with Crippen molar-refractivity contribution in [3.63, 3.8) is 0 Å². The topological polar surface area (TPSA) is 69.5 Å². The highest BCUT2D eigenvalue weighted by Gasteiger charge is 2.22. The monoisotopic (exact) mass is 486 g/mol. The summed E-state index contributed by atoms with van der Waals surface area (Å²) < 4.78 is 36.7. The van der Waals surface area contributed by atoms with E-state index in [0.717, 1.165) is 4.88 Å². The molecular weight excluding hydrogens is 462 g/mol. The van der Waals surface area contributed by atoms with E-state index in [4.69, 9.17) is 9.72 Å². The van der Waals surface area contributed by atoms with Gasteiger partial charge < -0.3 is 14.4 Å². The van der Waals surface area contributed by atoms with Gasteiger partial charge in [0.25, 0.3) is 5.91 Å². The largest absolute Gasteiger partial charge is 0.493 e. The SMILES string of the molecule is COc1cc(CN(C)C(=O)c2cc(-c3cccs3)nc3c2cnn3C(C)C)ccc1OC(F)F. The number of halogens is 2. The highest BCUT2D eigenvalue weighted by Crippen LogP contribution is 2.31. The summed E-state index contributed by atoms with van der Waals surface area (Å²) in [5.41, 5.74) is 2.55. The van der Waals surface area contributed by atoms with Crippen molar-refractivity contribution >= 4 is 28.3 Å². The predicted octanol–water partition coefficient (Wildman–Crippen LogP) is 5.62. The molecule has 0 aliphatic heterocycles. The Morgan fingerprint density at radius 3 is 2.65 bits per heavy atom. The van der Waals surface area contributed by atoms with Gasteiger partial charge in [0.05, 0.1) is 34.8 Å². The Morgan fingerprint density at radius 2 is 2.00 bits per heavy atom. The number of hydrogen-bond donors (Lipinski definition) is 0. The van der Waals surface area contributed by atoms with Gasteiger partial charge in [-0.3, -0.25) is 4.79 Å². The lowest BCUT2D eigenvalue weighted by atomic mass is 10.1. The number of fused-ring (bicyclic) bond motifs is 1. The molecule has 4 rings (SSSR count). The van der Waals surface area contributed by atoms with Crippen LogP contribution in [0.4, 0.5) is 8.78 Å². The van der Waals surface area contributed by atoms with Crippen molar-refractivity contribution in [3.8, 4) is 22.1 Å². The van der Waals surface area contributed by atoms with Crippen molar-refractivity contribution in [2.45, 2.75) is 33.0 Å². The smallest absolute Gasteiger partial charge is 0.387 e. The molecule has 0 bridgehead atoms. The van der Waals surface area contributed by atoms with Crippen molar-refractivity contribution in [3.05, 3.63) is 59.1 Å². The van der Waals surface area contributed by atoms with Gasteiger partial charge in [0.1, 0.15) is 0 Å². The van der Waals surface area contributed by atoms with E-state index in [-0.39, 0.29) is 30.0 Å². The van der Waals surface area contributed by atoms with Gasteiger partial charge in [0, 0.05) is 19.6 Å². The molecule has 3 aromatic heterocycles. The number of carbonyl (C=O) groups is 1. The lowest BCUT2D eigenvalue weighted by molar-refractivity contribution is -0.0512. The summed E-state index contributed by atoms with van der Waals surface area (Å²) >= 11 is 1.55. The summed E-state index contributed by atoms with van der Waals surface area (Å²) in [7, 11) is 3.06. The van der Waals surface area contributed by atoms with Crippen LogP contribution in [-0.4, -0.2) is 46.3 Å². The van der Waals surface area contributed by atoms with Gasteiger partial charge in [-0.15, -0.1) is 11.3 Å². The highest BCUT2D eigenvalue weighted by molar-refractivity contribution is 7.13. The molecule has 3 heterocycles. The third-order valence-corrected chi connectivity index (χ3v) is 6.16. The van der Waals surface area contributed by atoms with Crippen molar-refractivity contribution in [1.29, 1.82) is 0 Å². The van der Waals surface area contributed by atoms with Crippen LogP contribution in [0.2, 0.25) is 0 Å².